The zero-order valence-electron chi connectivity index (χ0n) is 11.2. The van der Waals surface area contributed by atoms with Crippen LogP contribution in [-0.2, 0) is 19.2 Å². The molecule has 0 saturated heterocycles. The Morgan fingerprint density at radius 3 is 2.50 bits per heavy atom. The smallest absolute Gasteiger partial charge is 0.318 e. The third-order valence-electron chi connectivity index (χ3n) is 2.42. The van der Waals surface area contributed by atoms with E-state index in [0.29, 0.717) is 12.1 Å². The maximum atomic E-state index is 11.9. The molecular formula is C11H20N2O5. The number of nitrogens with zero attached hydrogens (tertiary/aromatic N) is 2. The molecule has 0 aliphatic carbocycles. The quantitative estimate of drug-likeness (QED) is 0.241. The molecule has 0 radical (unpaired) electrons. The van der Waals surface area contributed by atoms with Crippen LogP contribution in [0.5, 0.6) is 0 Å². The third-order valence-corrected chi connectivity index (χ3v) is 2.42. The van der Waals surface area contributed by atoms with Crippen LogP contribution in [0.2, 0.25) is 0 Å². The van der Waals surface area contributed by atoms with Crippen LogP contribution in [-0.4, -0.2) is 48.6 Å². The first kappa shape index (κ1) is 16.4. The van der Waals surface area contributed by atoms with Gasteiger partial charge in [-0.05, 0) is 26.7 Å². The molecule has 104 valence electrons. The molecule has 0 spiro atoms. The number of amides is 1. The number of carbonyl (C=O) groups excluding carboxylic acids is 2. The Hall–Kier alpha value is -1.63. The van der Waals surface area contributed by atoms with Crippen LogP contribution >= 0.6 is 0 Å². The van der Waals surface area contributed by atoms with Crippen molar-refractivity contribution in [1.29, 1.82) is 0 Å². The van der Waals surface area contributed by atoms with Gasteiger partial charge < -0.3 is 9.94 Å². The highest BCUT2D eigenvalue weighted by Crippen LogP contribution is 2.13. The molecule has 0 aliphatic heterocycles. The first-order valence-electron chi connectivity index (χ1n) is 5.63. The van der Waals surface area contributed by atoms with E-state index >= 15 is 0 Å². The fraction of sp³-hybridized carbons (Fsp3) is 0.727. The van der Waals surface area contributed by atoms with Gasteiger partial charge in [-0.2, -0.15) is 0 Å². The normalized spacial score (nSPS) is 13.0. The highest BCUT2D eigenvalue weighted by Gasteiger charge is 2.30. The van der Waals surface area contributed by atoms with E-state index in [2.05, 4.69) is 5.16 Å². The van der Waals surface area contributed by atoms with Crippen molar-refractivity contribution in [3.8, 4) is 0 Å². The summed E-state index contributed by atoms with van der Waals surface area (Å²) in [7, 11) is 2.75. The molecule has 0 heterocycles. The molecule has 7 nitrogen and oxygen atoms in total. The SMILES string of the molecule is CCOC(=O)C(CC/C(C)=N/O)C(=O)N(C)OC. The number of hydrogen-bond acceptors (Lipinski definition) is 6. The topological polar surface area (TPSA) is 88.4 Å². The summed E-state index contributed by atoms with van der Waals surface area (Å²) in [6, 6.07) is 0. The average molecular weight is 260 g/mol. The molecule has 0 rings (SSSR count). The van der Waals surface area contributed by atoms with Gasteiger partial charge in [0.25, 0.3) is 5.91 Å². The van der Waals surface area contributed by atoms with Gasteiger partial charge in [-0.1, -0.05) is 5.16 Å². The number of ether oxygens (including phenoxy) is 1. The van der Waals surface area contributed by atoms with E-state index in [-0.39, 0.29) is 13.0 Å². The van der Waals surface area contributed by atoms with Crippen LogP contribution in [0.3, 0.4) is 0 Å². The summed E-state index contributed by atoms with van der Waals surface area (Å²) in [5.41, 5.74) is 0.442. The van der Waals surface area contributed by atoms with E-state index in [1.807, 2.05) is 0 Å². The zero-order chi connectivity index (χ0) is 14.1. The maximum Gasteiger partial charge on any atom is 0.318 e. The fourth-order valence-electron chi connectivity index (χ4n) is 1.30. The molecule has 1 N–H and O–H groups in total. The molecule has 1 amide bonds. The van der Waals surface area contributed by atoms with Crippen molar-refractivity contribution in [2.45, 2.75) is 26.7 Å². The summed E-state index contributed by atoms with van der Waals surface area (Å²) >= 11 is 0. The highest BCUT2D eigenvalue weighted by molar-refractivity contribution is 5.97. The molecule has 0 aromatic carbocycles. The summed E-state index contributed by atoms with van der Waals surface area (Å²) < 4.78 is 4.84. The van der Waals surface area contributed by atoms with Crippen molar-refractivity contribution in [2.75, 3.05) is 20.8 Å². The predicted octanol–water partition coefficient (Wildman–Crippen LogP) is 0.816. The van der Waals surface area contributed by atoms with Crippen molar-refractivity contribution >= 4 is 17.6 Å². The lowest BCUT2D eigenvalue weighted by molar-refractivity contribution is -0.179. The van der Waals surface area contributed by atoms with Crippen LogP contribution in [0.25, 0.3) is 0 Å². The number of oxime groups is 1. The summed E-state index contributed by atoms with van der Waals surface area (Å²) in [6.45, 7) is 3.47. The van der Waals surface area contributed by atoms with Gasteiger partial charge in [-0.25, -0.2) is 5.06 Å². The van der Waals surface area contributed by atoms with Gasteiger partial charge in [-0.3, -0.25) is 14.4 Å². The molecule has 1 unspecified atom stereocenters. The Bertz CT molecular complexity index is 317. The Kier molecular flexibility index (Phi) is 7.69. The predicted molar refractivity (Wildman–Crippen MR) is 64.0 cm³/mol. The molecule has 0 aliphatic rings. The van der Waals surface area contributed by atoms with Crippen LogP contribution in [0.1, 0.15) is 26.7 Å². The third kappa shape index (κ3) is 5.13. The molecule has 0 aromatic heterocycles. The minimum atomic E-state index is -0.952. The standard InChI is InChI=1S/C11H20N2O5/c1-5-18-11(15)9(7-6-8(2)12-16)10(14)13(3)17-4/h9,16H,5-7H2,1-4H3/b12-8+. The van der Waals surface area contributed by atoms with Crippen LogP contribution < -0.4 is 0 Å². The van der Waals surface area contributed by atoms with E-state index in [1.54, 1.807) is 13.8 Å². The van der Waals surface area contributed by atoms with Crippen molar-refractivity contribution in [3.63, 3.8) is 0 Å². The van der Waals surface area contributed by atoms with Gasteiger partial charge in [0.1, 0.15) is 5.92 Å². The molecule has 0 bridgehead atoms. The first-order valence-corrected chi connectivity index (χ1v) is 5.63. The Morgan fingerprint density at radius 1 is 1.44 bits per heavy atom. The lowest BCUT2D eigenvalue weighted by Gasteiger charge is -2.20. The van der Waals surface area contributed by atoms with E-state index in [1.165, 1.54) is 14.2 Å². The van der Waals surface area contributed by atoms with Crippen molar-refractivity contribution < 1.29 is 24.4 Å². The number of esters is 1. The van der Waals surface area contributed by atoms with E-state index in [9.17, 15) is 9.59 Å². The zero-order valence-corrected chi connectivity index (χ0v) is 11.2. The highest BCUT2D eigenvalue weighted by atomic mass is 16.7. The van der Waals surface area contributed by atoms with Gasteiger partial charge >= 0.3 is 5.97 Å². The largest absolute Gasteiger partial charge is 0.465 e. The molecule has 18 heavy (non-hydrogen) atoms. The molecule has 0 fully saturated rings. The van der Waals surface area contributed by atoms with Gasteiger partial charge in [0.2, 0.25) is 0 Å². The van der Waals surface area contributed by atoms with E-state index in [4.69, 9.17) is 14.8 Å². The number of carbonyl (C=O) groups is 2. The molecule has 0 aromatic rings. The minimum absolute atomic E-state index is 0.201. The summed E-state index contributed by atoms with van der Waals surface area (Å²) in [6.07, 6.45) is 0.532. The summed E-state index contributed by atoms with van der Waals surface area (Å²) in [4.78, 5) is 28.3. The van der Waals surface area contributed by atoms with Crippen molar-refractivity contribution in [3.05, 3.63) is 0 Å². The Balaban J connectivity index is 4.71. The second-order valence-corrected chi connectivity index (χ2v) is 3.70. The Morgan fingerprint density at radius 2 is 2.06 bits per heavy atom. The molecule has 1 atom stereocenters. The number of hydrogen-bond donors (Lipinski definition) is 1. The van der Waals surface area contributed by atoms with Crippen LogP contribution in [0, 0.1) is 5.92 Å². The number of rotatable bonds is 7. The summed E-state index contributed by atoms with van der Waals surface area (Å²) in [5, 5.41) is 12.5. The first-order chi connectivity index (χ1) is 8.47. The second-order valence-electron chi connectivity index (χ2n) is 3.70. The van der Waals surface area contributed by atoms with E-state index < -0.39 is 17.8 Å². The Labute approximate surface area is 106 Å². The minimum Gasteiger partial charge on any atom is -0.465 e. The fourth-order valence-corrected chi connectivity index (χ4v) is 1.30. The van der Waals surface area contributed by atoms with Crippen molar-refractivity contribution in [2.24, 2.45) is 11.1 Å². The monoisotopic (exact) mass is 260 g/mol. The van der Waals surface area contributed by atoms with Crippen molar-refractivity contribution in [1.82, 2.24) is 5.06 Å². The molecule has 0 saturated carbocycles. The van der Waals surface area contributed by atoms with Gasteiger partial charge in [0, 0.05) is 7.05 Å². The van der Waals surface area contributed by atoms with Gasteiger partial charge in [0.05, 0.1) is 19.4 Å². The molecule has 7 heteroatoms. The second kappa shape index (κ2) is 8.46. The summed E-state index contributed by atoms with van der Waals surface area (Å²) in [5.74, 6) is -2.04. The lowest BCUT2D eigenvalue weighted by Crippen LogP contribution is -2.37. The average Bonchev–Trinajstić information content (AvgIpc) is 2.37. The van der Waals surface area contributed by atoms with Gasteiger partial charge in [-0.15, -0.1) is 0 Å². The van der Waals surface area contributed by atoms with Crippen LogP contribution in [0.15, 0.2) is 5.16 Å². The van der Waals surface area contributed by atoms with E-state index in [0.717, 1.165) is 5.06 Å². The van der Waals surface area contributed by atoms with Crippen LogP contribution in [0.4, 0.5) is 0 Å². The number of hydroxylamine groups is 2. The van der Waals surface area contributed by atoms with Gasteiger partial charge in [0.15, 0.2) is 0 Å². The lowest BCUT2D eigenvalue weighted by atomic mass is 10.0. The molecular weight excluding hydrogens is 240 g/mol. The maximum absolute atomic E-state index is 11.9.